The van der Waals surface area contributed by atoms with E-state index in [1.165, 1.54) is 0 Å². The van der Waals surface area contributed by atoms with Gasteiger partial charge in [-0.1, -0.05) is 60.7 Å². The minimum atomic E-state index is -0.135. The molecule has 0 radical (unpaired) electrons. The lowest BCUT2D eigenvalue weighted by atomic mass is 10.0. The van der Waals surface area contributed by atoms with Gasteiger partial charge in [0.25, 0.3) is 5.91 Å². The van der Waals surface area contributed by atoms with Gasteiger partial charge < -0.3 is 14.8 Å². The van der Waals surface area contributed by atoms with Gasteiger partial charge in [-0.05, 0) is 29.3 Å². The lowest BCUT2D eigenvalue weighted by Crippen LogP contribution is -2.35. The zero-order valence-corrected chi connectivity index (χ0v) is 14.9. The topological polar surface area (TPSA) is 47.6 Å². The molecule has 3 aromatic carbocycles. The van der Waals surface area contributed by atoms with Gasteiger partial charge in [0.05, 0.1) is 12.6 Å². The summed E-state index contributed by atoms with van der Waals surface area (Å²) in [4.78, 5) is 12.3. The second-order valence-electron chi connectivity index (χ2n) is 6.47. The van der Waals surface area contributed by atoms with E-state index in [2.05, 4.69) is 17.4 Å². The first-order valence-corrected chi connectivity index (χ1v) is 9.09. The Kier molecular flexibility index (Phi) is 5.06. The zero-order valence-electron chi connectivity index (χ0n) is 14.9. The van der Waals surface area contributed by atoms with Crippen molar-refractivity contribution in [3.05, 3.63) is 84.4 Å². The first kappa shape index (κ1) is 17.2. The summed E-state index contributed by atoms with van der Waals surface area (Å²) in [5.41, 5.74) is 3.29. The first-order valence-electron chi connectivity index (χ1n) is 9.09. The van der Waals surface area contributed by atoms with Crippen LogP contribution in [0.3, 0.4) is 0 Å². The van der Waals surface area contributed by atoms with E-state index in [-0.39, 0.29) is 18.6 Å². The smallest absolute Gasteiger partial charge is 0.258 e. The van der Waals surface area contributed by atoms with Gasteiger partial charge in [-0.15, -0.1) is 0 Å². The molecule has 0 saturated heterocycles. The van der Waals surface area contributed by atoms with Crippen LogP contribution in [-0.4, -0.2) is 19.1 Å². The summed E-state index contributed by atoms with van der Waals surface area (Å²) in [6, 6.07) is 25.7. The Hall–Kier alpha value is -3.27. The number of carbonyl (C=O) groups excluding carboxylic acids is 1. The van der Waals surface area contributed by atoms with Crippen LogP contribution in [0.1, 0.15) is 18.0 Å². The molecular weight excluding hydrogens is 338 g/mol. The molecule has 1 aliphatic rings. The molecular formula is C23H21NO3. The number of carbonyl (C=O) groups is 1. The summed E-state index contributed by atoms with van der Waals surface area (Å²) in [5, 5.41) is 3.04. The lowest BCUT2D eigenvalue weighted by Gasteiger charge is -2.26. The van der Waals surface area contributed by atoms with E-state index in [0.717, 1.165) is 28.9 Å². The Bertz CT molecular complexity index is 906. The molecule has 1 heterocycles. The van der Waals surface area contributed by atoms with E-state index >= 15 is 0 Å². The van der Waals surface area contributed by atoms with Crippen molar-refractivity contribution in [2.75, 3.05) is 13.2 Å². The Morgan fingerprint density at radius 1 is 0.926 bits per heavy atom. The van der Waals surface area contributed by atoms with Crippen molar-refractivity contribution in [1.82, 2.24) is 5.32 Å². The number of benzene rings is 3. The van der Waals surface area contributed by atoms with Gasteiger partial charge in [0, 0.05) is 12.0 Å². The number of para-hydroxylation sites is 1. The third-order valence-electron chi connectivity index (χ3n) is 4.63. The minimum absolute atomic E-state index is 0.00971. The molecule has 136 valence electrons. The highest BCUT2D eigenvalue weighted by molar-refractivity contribution is 5.78. The Morgan fingerprint density at radius 3 is 2.44 bits per heavy atom. The second-order valence-corrected chi connectivity index (χ2v) is 6.47. The van der Waals surface area contributed by atoms with Crippen LogP contribution in [0.25, 0.3) is 11.1 Å². The predicted octanol–water partition coefficient (Wildman–Crippen LogP) is 4.37. The van der Waals surface area contributed by atoms with Crippen molar-refractivity contribution < 1.29 is 14.3 Å². The van der Waals surface area contributed by atoms with Crippen molar-refractivity contribution in [1.29, 1.82) is 0 Å². The van der Waals surface area contributed by atoms with E-state index in [1.54, 1.807) is 0 Å². The highest BCUT2D eigenvalue weighted by Crippen LogP contribution is 2.31. The van der Waals surface area contributed by atoms with Crippen molar-refractivity contribution in [3.63, 3.8) is 0 Å². The summed E-state index contributed by atoms with van der Waals surface area (Å²) in [6.07, 6.45) is 0.758. The molecule has 4 rings (SSSR count). The van der Waals surface area contributed by atoms with Gasteiger partial charge in [-0.3, -0.25) is 4.79 Å². The van der Waals surface area contributed by atoms with E-state index < -0.39 is 0 Å². The molecule has 4 nitrogen and oxygen atoms in total. The number of hydrogen-bond acceptors (Lipinski definition) is 3. The third kappa shape index (κ3) is 4.11. The molecule has 27 heavy (non-hydrogen) atoms. The van der Waals surface area contributed by atoms with Crippen LogP contribution in [0.5, 0.6) is 11.5 Å². The highest BCUT2D eigenvalue weighted by atomic mass is 16.5. The van der Waals surface area contributed by atoms with E-state index in [9.17, 15) is 4.79 Å². The van der Waals surface area contributed by atoms with E-state index in [1.807, 2.05) is 66.7 Å². The summed E-state index contributed by atoms with van der Waals surface area (Å²) in [7, 11) is 0. The van der Waals surface area contributed by atoms with Gasteiger partial charge in [-0.25, -0.2) is 0 Å². The molecule has 0 spiro atoms. The molecule has 3 aromatic rings. The van der Waals surface area contributed by atoms with Gasteiger partial charge in [0.2, 0.25) is 0 Å². The average molecular weight is 359 g/mol. The van der Waals surface area contributed by atoms with Crippen molar-refractivity contribution >= 4 is 5.91 Å². The molecule has 1 amide bonds. The van der Waals surface area contributed by atoms with Gasteiger partial charge in [-0.2, -0.15) is 0 Å². The van der Waals surface area contributed by atoms with Crippen LogP contribution >= 0.6 is 0 Å². The number of hydrogen-bond donors (Lipinski definition) is 1. The molecule has 1 N–H and O–H groups in total. The van der Waals surface area contributed by atoms with Crippen molar-refractivity contribution in [3.8, 4) is 22.6 Å². The van der Waals surface area contributed by atoms with Crippen LogP contribution in [0.2, 0.25) is 0 Å². The Morgan fingerprint density at radius 2 is 1.63 bits per heavy atom. The fourth-order valence-corrected chi connectivity index (χ4v) is 3.25. The minimum Gasteiger partial charge on any atom is -0.493 e. The third-order valence-corrected chi connectivity index (χ3v) is 4.63. The van der Waals surface area contributed by atoms with Crippen LogP contribution in [0.4, 0.5) is 0 Å². The molecule has 0 aromatic heterocycles. The molecule has 1 aliphatic heterocycles. The first-order chi connectivity index (χ1) is 13.3. The second kappa shape index (κ2) is 7.96. The predicted molar refractivity (Wildman–Crippen MR) is 105 cm³/mol. The maximum absolute atomic E-state index is 12.3. The fourth-order valence-electron chi connectivity index (χ4n) is 3.25. The molecule has 0 saturated carbocycles. The van der Waals surface area contributed by atoms with Crippen molar-refractivity contribution in [2.45, 2.75) is 12.5 Å². The van der Waals surface area contributed by atoms with Gasteiger partial charge in [0.15, 0.2) is 6.61 Å². The van der Waals surface area contributed by atoms with Crippen LogP contribution in [-0.2, 0) is 4.79 Å². The number of rotatable bonds is 5. The number of nitrogens with one attached hydrogen (secondary N) is 1. The molecule has 1 atom stereocenters. The summed E-state index contributed by atoms with van der Waals surface area (Å²) < 4.78 is 11.3. The zero-order chi connectivity index (χ0) is 18.5. The lowest BCUT2D eigenvalue weighted by molar-refractivity contribution is -0.124. The monoisotopic (exact) mass is 359 g/mol. The fraction of sp³-hybridized carbons (Fsp3) is 0.174. The number of ether oxygens (including phenoxy) is 2. The highest BCUT2D eigenvalue weighted by Gasteiger charge is 2.22. The molecule has 0 aliphatic carbocycles. The number of fused-ring (bicyclic) bond motifs is 1. The van der Waals surface area contributed by atoms with Gasteiger partial charge >= 0.3 is 0 Å². The maximum Gasteiger partial charge on any atom is 0.258 e. The molecule has 0 unspecified atom stereocenters. The normalized spacial score (nSPS) is 15.3. The van der Waals surface area contributed by atoms with Crippen molar-refractivity contribution in [2.24, 2.45) is 0 Å². The number of amides is 1. The van der Waals surface area contributed by atoms with Gasteiger partial charge in [0.1, 0.15) is 11.5 Å². The van der Waals surface area contributed by atoms with E-state index in [4.69, 9.17) is 9.47 Å². The molecule has 0 fully saturated rings. The van der Waals surface area contributed by atoms with Crippen LogP contribution in [0.15, 0.2) is 78.9 Å². The standard InChI is InChI=1S/C23H21NO3/c25-23(24-21-14-15-26-22-9-5-4-8-20(21)22)16-27-19-12-10-18(11-13-19)17-6-2-1-3-7-17/h1-13,21H,14-16H2,(H,24,25)/t21-/m0/s1. The summed E-state index contributed by atoms with van der Waals surface area (Å²) >= 11 is 0. The van der Waals surface area contributed by atoms with E-state index in [0.29, 0.717) is 12.4 Å². The quantitative estimate of drug-likeness (QED) is 0.736. The Balaban J connectivity index is 1.33. The SMILES string of the molecule is O=C(COc1ccc(-c2ccccc2)cc1)N[C@H]1CCOc2ccccc21. The van der Waals surface area contributed by atoms with Crippen LogP contribution in [0, 0.1) is 0 Å². The average Bonchev–Trinajstić information content (AvgIpc) is 2.74. The largest absolute Gasteiger partial charge is 0.493 e. The van der Waals surface area contributed by atoms with Crippen LogP contribution < -0.4 is 14.8 Å². The molecule has 0 bridgehead atoms. The summed E-state index contributed by atoms with van der Waals surface area (Å²) in [5.74, 6) is 1.38. The molecule has 4 heteroatoms. The Labute approximate surface area is 158 Å². The maximum atomic E-state index is 12.3. The summed E-state index contributed by atoms with van der Waals surface area (Å²) in [6.45, 7) is 0.591.